The van der Waals surface area contributed by atoms with Crippen molar-refractivity contribution in [3.63, 3.8) is 0 Å². The van der Waals surface area contributed by atoms with Crippen LogP contribution in [0.3, 0.4) is 0 Å². The highest BCUT2D eigenvalue weighted by molar-refractivity contribution is 5.77. The summed E-state index contributed by atoms with van der Waals surface area (Å²) < 4.78 is 0. The number of aliphatic hydroxyl groups excluding tert-OH is 1. The molecule has 0 aromatic heterocycles. The molecular weight excluding hydrogens is 282 g/mol. The number of nitrogens with one attached hydrogen (secondary N) is 1. The zero-order valence-corrected chi connectivity index (χ0v) is 13.5. The summed E-state index contributed by atoms with van der Waals surface area (Å²) in [5.74, 6) is -0.0255. The summed E-state index contributed by atoms with van der Waals surface area (Å²) in [5.41, 5.74) is 0.841. The van der Waals surface area contributed by atoms with Crippen molar-refractivity contribution < 1.29 is 14.7 Å². The van der Waals surface area contributed by atoms with E-state index in [9.17, 15) is 14.7 Å². The van der Waals surface area contributed by atoms with Crippen LogP contribution in [0.5, 0.6) is 0 Å². The van der Waals surface area contributed by atoms with E-state index in [0.717, 1.165) is 5.56 Å². The molecule has 122 valence electrons. The van der Waals surface area contributed by atoms with E-state index in [2.05, 4.69) is 5.32 Å². The zero-order chi connectivity index (χ0) is 16.5. The molecule has 0 saturated carbocycles. The number of hydrogen-bond acceptors (Lipinski definition) is 3. The van der Waals surface area contributed by atoms with Crippen LogP contribution in [0.15, 0.2) is 30.3 Å². The van der Waals surface area contributed by atoms with Crippen LogP contribution in [-0.2, 0) is 4.79 Å². The van der Waals surface area contributed by atoms with Crippen LogP contribution in [0.1, 0.15) is 24.5 Å². The summed E-state index contributed by atoms with van der Waals surface area (Å²) in [6, 6.07) is 9.11. The number of urea groups is 1. The Morgan fingerprint density at radius 3 is 2.41 bits per heavy atom. The first-order valence-electron chi connectivity index (χ1n) is 7.34. The second kappa shape index (κ2) is 9.04. The molecular formula is C16H25N3O3. The summed E-state index contributed by atoms with van der Waals surface area (Å²) in [5, 5.41) is 12.7. The minimum absolute atomic E-state index is 0.0255. The molecule has 0 spiro atoms. The first-order valence-corrected chi connectivity index (χ1v) is 7.34. The van der Waals surface area contributed by atoms with Gasteiger partial charge in [-0.2, -0.15) is 0 Å². The molecule has 0 aliphatic heterocycles. The van der Waals surface area contributed by atoms with Gasteiger partial charge in [0.1, 0.15) is 0 Å². The van der Waals surface area contributed by atoms with Crippen molar-refractivity contribution in [3.8, 4) is 0 Å². The average molecular weight is 307 g/mol. The topological polar surface area (TPSA) is 72.9 Å². The van der Waals surface area contributed by atoms with Crippen molar-refractivity contribution in [3.05, 3.63) is 35.9 Å². The molecule has 1 atom stereocenters. The van der Waals surface area contributed by atoms with E-state index in [1.165, 1.54) is 9.80 Å². The number of nitrogens with zero attached hydrogens (tertiary/aromatic N) is 2. The Hall–Kier alpha value is -2.08. The predicted octanol–water partition coefficient (Wildman–Crippen LogP) is 1.23. The van der Waals surface area contributed by atoms with Crippen LogP contribution in [0, 0.1) is 0 Å². The Morgan fingerprint density at radius 1 is 1.18 bits per heavy atom. The number of hydrogen-bond donors (Lipinski definition) is 2. The minimum atomic E-state index is -0.591. The molecule has 6 heteroatoms. The standard InChI is InChI=1S/C16H25N3O3/c1-18(2)15(21)9-11-17-16(22)19(3)12-10-14(20)13-7-5-4-6-8-13/h4-8,14,20H,9-12H2,1-3H3,(H,17,22)/t14-/m0/s1. The SMILES string of the molecule is CN(C)C(=O)CCNC(=O)N(C)CC[C@H](O)c1ccccc1. The number of benzene rings is 1. The molecule has 0 saturated heterocycles. The Labute approximate surface area is 131 Å². The van der Waals surface area contributed by atoms with Gasteiger partial charge in [-0.05, 0) is 12.0 Å². The van der Waals surface area contributed by atoms with Gasteiger partial charge in [0.2, 0.25) is 5.91 Å². The lowest BCUT2D eigenvalue weighted by Crippen LogP contribution is -2.39. The number of amides is 3. The Morgan fingerprint density at radius 2 is 1.82 bits per heavy atom. The third-order valence-electron chi connectivity index (χ3n) is 3.38. The van der Waals surface area contributed by atoms with Gasteiger partial charge in [0.15, 0.2) is 0 Å². The van der Waals surface area contributed by atoms with Gasteiger partial charge >= 0.3 is 6.03 Å². The molecule has 3 amide bonds. The average Bonchev–Trinajstić information content (AvgIpc) is 2.52. The smallest absolute Gasteiger partial charge is 0.317 e. The third-order valence-corrected chi connectivity index (χ3v) is 3.38. The van der Waals surface area contributed by atoms with Crippen LogP contribution < -0.4 is 5.32 Å². The van der Waals surface area contributed by atoms with Gasteiger partial charge < -0.3 is 20.2 Å². The molecule has 1 aromatic carbocycles. The van der Waals surface area contributed by atoms with E-state index in [4.69, 9.17) is 0 Å². The van der Waals surface area contributed by atoms with Crippen molar-refractivity contribution in [1.29, 1.82) is 0 Å². The van der Waals surface area contributed by atoms with Crippen LogP contribution >= 0.6 is 0 Å². The minimum Gasteiger partial charge on any atom is -0.388 e. The Bertz CT molecular complexity index is 477. The van der Waals surface area contributed by atoms with Crippen LogP contribution in [0.25, 0.3) is 0 Å². The van der Waals surface area contributed by atoms with Gasteiger partial charge in [0, 0.05) is 40.7 Å². The normalized spacial score (nSPS) is 11.6. The molecule has 0 radical (unpaired) electrons. The number of rotatable bonds is 7. The summed E-state index contributed by atoms with van der Waals surface area (Å²) >= 11 is 0. The van der Waals surface area contributed by atoms with E-state index >= 15 is 0 Å². The quantitative estimate of drug-likeness (QED) is 0.796. The van der Waals surface area contributed by atoms with Crippen LogP contribution in [-0.4, -0.2) is 61.1 Å². The van der Waals surface area contributed by atoms with Gasteiger partial charge in [0.05, 0.1) is 6.10 Å². The highest BCUT2D eigenvalue weighted by Gasteiger charge is 2.13. The Kier molecular flexibility index (Phi) is 7.39. The zero-order valence-electron chi connectivity index (χ0n) is 13.5. The van der Waals surface area contributed by atoms with Gasteiger partial charge in [-0.25, -0.2) is 4.79 Å². The van der Waals surface area contributed by atoms with E-state index in [1.54, 1.807) is 21.1 Å². The molecule has 1 rings (SSSR count). The van der Waals surface area contributed by atoms with Gasteiger partial charge in [0.25, 0.3) is 0 Å². The van der Waals surface area contributed by atoms with Crippen LogP contribution in [0.2, 0.25) is 0 Å². The fourth-order valence-corrected chi connectivity index (χ4v) is 1.89. The first-order chi connectivity index (χ1) is 10.4. The predicted molar refractivity (Wildman–Crippen MR) is 85.4 cm³/mol. The lowest BCUT2D eigenvalue weighted by Gasteiger charge is -2.20. The largest absolute Gasteiger partial charge is 0.388 e. The molecule has 0 aliphatic rings. The fourth-order valence-electron chi connectivity index (χ4n) is 1.89. The molecule has 0 heterocycles. The summed E-state index contributed by atoms with van der Waals surface area (Å²) in [7, 11) is 5.03. The molecule has 2 N–H and O–H groups in total. The first kappa shape index (κ1) is 18.0. The van der Waals surface area contributed by atoms with E-state index in [-0.39, 0.29) is 18.4 Å². The van der Waals surface area contributed by atoms with Crippen molar-refractivity contribution in [2.24, 2.45) is 0 Å². The third kappa shape index (κ3) is 6.13. The van der Waals surface area contributed by atoms with Crippen molar-refractivity contribution in [2.45, 2.75) is 18.9 Å². The summed E-state index contributed by atoms with van der Waals surface area (Å²) in [4.78, 5) is 26.2. The maximum absolute atomic E-state index is 11.9. The van der Waals surface area contributed by atoms with E-state index in [1.807, 2.05) is 30.3 Å². The molecule has 0 fully saturated rings. The lowest BCUT2D eigenvalue weighted by atomic mass is 10.1. The van der Waals surface area contributed by atoms with Crippen molar-refractivity contribution >= 4 is 11.9 Å². The van der Waals surface area contributed by atoms with Crippen molar-refractivity contribution in [2.75, 3.05) is 34.2 Å². The second-order valence-electron chi connectivity index (χ2n) is 5.41. The highest BCUT2D eigenvalue weighted by atomic mass is 16.3. The molecule has 0 bridgehead atoms. The molecule has 0 unspecified atom stereocenters. The van der Waals surface area contributed by atoms with Gasteiger partial charge in [-0.1, -0.05) is 30.3 Å². The number of carbonyl (C=O) groups excluding carboxylic acids is 2. The number of aliphatic hydroxyl groups is 1. The molecule has 22 heavy (non-hydrogen) atoms. The summed E-state index contributed by atoms with van der Waals surface area (Å²) in [6.45, 7) is 0.741. The van der Waals surface area contributed by atoms with Crippen LogP contribution in [0.4, 0.5) is 4.79 Å². The lowest BCUT2D eigenvalue weighted by molar-refractivity contribution is -0.128. The number of carbonyl (C=O) groups is 2. The maximum Gasteiger partial charge on any atom is 0.317 e. The van der Waals surface area contributed by atoms with E-state index in [0.29, 0.717) is 19.5 Å². The summed E-state index contributed by atoms with van der Waals surface area (Å²) in [6.07, 6.45) is 0.149. The fraction of sp³-hybridized carbons (Fsp3) is 0.500. The maximum atomic E-state index is 11.9. The Balaban J connectivity index is 2.28. The van der Waals surface area contributed by atoms with Gasteiger partial charge in [-0.15, -0.1) is 0 Å². The van der Waals surface area contributed by atoms with Gasteiger partial charge in [-0.3, -0.25) is 4.79 Å². The second-order valence-corrected chi connectivity index (χ2v) is 5.41. The molecule has 6 nitrogen and oxygen atoms in total. The monoisotopic (exact) mass is 307 g/mol. The highest BCUT2D eigenvalue weighted by Crippen LogP contribution is 2.15. The molecule has 0 aliphatic carbocycles. The molecule has 1 aromatic rings. The van der Waals surface area contributed by atoms with E-state index < -0.39 is 6.10 Å². The van der Waals surface area contributed by atoms with Crippen molar-refractivity contribution in [1.82, 2.24) is 15.1 Å².